The minimum Gasteiger partial charge on any atom is -0.391 e. The van der Waals surface area contributed by atoms with E-state index in [1.54, 1.807) is 0 Å². The van der Waals surface area contributed by atoms with E-state index < -0.39 is 0 Å². The molecule has 94 valence electrons. The quantitative estimate of drug-likeness (QED) is 0.879. The molecule has 2 unspecified atom stereocenters. The van der Waals surface area contributed by atoms with Crippen molar-refractivity contribution in [3.8, 4) is 11.3 Å². The molecule has 1 N–H and O–H groups in total. The molecular weight excluding hydrogens is 224 g/mol. The van der Waals surface area contributed by atoms with Gasteiger partial charge in [-0.25, -0.2) is 0 Å². The molecule has 3 rings (SSSR count). The van der Waals surface area contributed by atoms with Crippen molar-refractivity contribution in [3.63, 3.8) is 0 Å². The summed E-state index contributed by atoms with van der Waals surface area (Å²) in [4.78, 5) is 0. The number of benzene rings is 1. The smallest absolute Gasteiger partial charge is 0.0785 e. The van der Waals surface area contributed by atoms with Crippen LogP contribution in [0.3, 0.4) is 0 Å². The van der Waals surface area contributed by atoms with Crippen molar-refractivity contribution in [1.29, 1.82) is 0 Å². The van der Waals surface area contributed by atoms with Crippen LogP contribution in [-0.2, 0) is 0 Å². The van der Waals surface area contributed by atoms with E-state index in [4.69, 9.17) is 0 Å². The van der Waals surface area contributed by atoms with Gasteiger partial charge in [-0.2, -0.15) is 5.10 Å². The fourth-order valence-corrected chi connectivity index (χ4v) is 2.79. The van der Waals surface area contributed by atoms with Crippen LogP contribution >= 0.6 is 0 Å². The maximum absolute atomic E-state index is 10.2. The molecule has 1 aromatic carbocycles. The van der Waals surface area contributed by atoms with Gasteiger partial charge >= 0.3 is 0 Å². The Morgan fingerprint density at radius 3 is 2.61 bits per heavy atom. The van der Waals surface area contributed by atoms with Crippen molar-refractivity contribution in [2.24, 2.45) is 0 Å². The molecule has 0 aliphatic heterocycles. The van der Waals surface area contributed by atoms with Gasteiger partial charge in [-0.05, 0) is 24.5 Å². The molecule has 1 heterocycles. The lowest BCUT2D eigenvalue weighted by Gasteiger charge is -2.29. The van der Waals surface area contributed by atoms with Crippen LogP contribution in [0.15, 0.2) is 42.6 Å². The summed E-state index contributed by atoms with van der Waals surface area (Å²) in [5.74, 6) is 0. The molecule has 1 aliphatic carbocycles. The molecule has 0 bridgehead atoms. The van der Waals surface area contributed by atoms with E-state index >= 15 is 0 Å². The number of nitrogens with zero attached hydrogens (tertiary/aromatic N) is 2. The second-order valence-electron chi connectivity index (χ2n) is 4.95. The van der Waals surface area contributed by atoms with Crippen LogP contribution in [0.1, 0.15) is 31.7 Å². The van der Waals surface area contributed by atoms with Gasteiger partial charge in [0.15, 0.2) is 0 Å². The Morgan fingerprint density at radius 1 is 1.06 bits per heavy atom. The topological polar surface area (TPSA) is 38.0 Å². The van der Waals surface area contributed by atoms with Gasteiger partial charge in [0.2, 0.25) is 0 Å². The van der Waals surface area contributed by atoms with Gasteiger partial charge < -0.3 is 5.11 Å². The first-order valence-electron chi connectivity index (χ1n) is 6.63. The molecule has 2 atom stereocenters. The van der Waals surface area contributed by atoms with Crippen molar-refractivity contribution in [2.45, 2.75) is 37.8 Å². The summed E-state index contributed by atoms with van der Waals surface area (Å²) in [7, 11) is 0. The fraction of sp³-hybridized carbons (Fsp3) is 0.400. The summed E-state index contributed by atoms with van der Waals surface area (Å²) >= 11 is 0. The van der Waals surface area contributed by atoms with E-state index in [1.807, 2.05) is 35.1 Å². The predicted molar refractivity (Wildman–Crippen MR) is 71.2 cm³/mol. The minimum atomic E-state index is -0.263. The van der Waals surface area contributed by atoms with Crippen LogP contribution in [0.25, 0.3) is 11.3 Å². The molecule has 1 aromatic heterocycles. The average Bonchev–Trinajstić information content (AvgIpc) is 2.89. The number of aliphatic hydroxyl groups excluding tert-OH is 1. The Bertz CT molecular complexity index is 506. The second kappa shape index (κ2) is 4.94. The van der Waals surface area contributed by atoms with Gasteiger partial charge in [-0.15, -0.1) is 0 Å². The fourth-order valence-electron chi connectivity index (χ4n) is 2.79. The highest BCUT2D eigenvalue weighted by Crippen LogP contribution is 2.31. The zero-order chi connectivity index (χ0) is 12.4. The maximum Gasteiger partial charge on any atom is 0.0785 e. The summed E-state index contributed by atoms with van der Waals surface area (Å²) in [5.41, 5.74) is 2.26. The lowest BCUT2D eigenvalue weighted by Crippen LogP contribution is -2.28. The molecular formula is C15H18N2O. The summed E-state index contributed by atoms with van der Waals surface area (Å²) < 4.78 is 2.00. The average molecular weight is 242 g/mol. The molecule has 1 aliphatic rings. The Hall–Kier alpha value is -1.61. The summed E-state index contributed by atoms with van der Waals surface area (Å²) in [6.07, 6.45) is 5.77. The molecule has 1 fully saturated rings. The standard InChI is InChI=1S/C15H18N2O/c18-15-9-5-4-8-14(15)17-13(10-11-16-17)12-6-2-1-3-7-12/h1-3,6-7,10-11,14-15,18H,4-5,8-9H2. The molecule has 0 saturated heterocycles. The monoisotopic (exact) mass is 242 g/mol. The van der Waals surface area contributed by atoms with Crippen molar-refractivity contribution >= 4 is 0 Å². The van der Waals surface area contributed by atoms with E-state index in [9.17, 15) is 5.11 Å². The molecule has 0 spiro atoms. The highest BCUT2D eigenvalue weighted by atomic mass is 16.3. The van der Waals surface area contributed by atoms with Crippen LogP contribution < -0.4 is 0 Å². The van der Waals surface area contributed by atoms with Crippen molar-refractivity contribution < 1.29 is 5.11 Å². The Kier molecular flexibility index (Phi) is 3.15. The van der Waals surface area contributed by atoms with Gasteiger partial charge in [-0.1, -0.05) is 43.2 Å². The van der Waals surface area contributed by atoms with Crippen LogP contribution in [0.4, 0.5) is 0 Å². The first-order chi connectivity index (χ1) is 8.86. The third kappa shape index (κ3) is 2.06. The van der Waals surface area contributed by atoms with E-state index in [0.29, 0.717) is 0 Å². The second-order valence-corrected chi connectivity index (χ2v) is 4.95. The zero-order valence-corrected chi connectivity index (χ0v) is 10.4. The molecule has 1 saturated carbocycles. The first kappa shape index (κ1) is 11.5. The van der Waals surface area contributed by atoms with Crippen molar-refractivity contribution in [3.05, 3.63) is 42.6 Å². The number of hydrogen-bond donors (Lipinski definition) is 1. The Balaban J connectivity index is 1.96. The Labute approximate surface area is 107 Å². The molecule has 2 aromatic rings. The summed E-state index contributed by atoms with van der Waals surface area (Å²) in [5, 5.41) is 14.6. The molecule has 3 nitrogen and oxygen atoms in total. The molecule has 3 heteroatoms. The van der Waals surface area contributed by atoms with Gasteiger partial charge in [-0.3, -0.25) is 4.68 Å². The number of hydrogen-bond acceptors (Lipinski definition) is 2. The van der Waals surface area contributed by atoms with Crippen LogP contribution in [0, 0.1) is 0 Å². The third-order valence-electron chi connectivity index (χ3n) is 3.75. The molecule has 0 radical (unpaired) electrons. The first-order valence-corrected chi connectivity index (χ1v) is 6.63. The van der Waals surface area contributed by atoms with Crippen LogP contribution in [-0.4, -0.2) is 21.0 Å². The van der Waals surface area contributed by atoms with Crippen molar-refractivity contribution in [1.82, 2.24) is 9.78 Å². The van der Waals surface area contributed by atoms with E-state index in [-0.39, 0.29) is 12.1 Å². The lowest BCUT2D eigenvalue weighted by atomic mass is 9.92. The van der Waals surface area contributed by atoms with Gasteiger partial charge in [0.1, 0.15) is 0 Å². The zero-order valence-electron chi connectivity index (χ0n) is 10.4. The summed E-state index contributed by atoms with van der Waals surface area (Å²) in [6, 6.07) is 12.4. The van der Waals surface area contributed by atoms with Gasteiger partial charge in [0.25, 0.3) is 0 Å². The van der Waals surface area contributed by atoms with E-state index in [1.165, 1.54) is 6.42 Å². The molecule has 18 heavy (non-hydrogen) atoms. The van der Waals surface area contributed by atoms with E-state index in [0.717, 1.165) is 30.5 Å². The highest BCUT2D eigenvalue weighted by molar-refractivity contribution is 5.59. The highest BCUT2D eigenvalue weighted by Gasteiger charge is 2.26. The number of aromatic nitrogens is 2. The SMILES string of the molecule is OC1CCCCC1n1nccc1-c1ccccc1. The third-order valence-corrected chi connectivity index (χ3v) is 3.75. The predicted octanol–water partition coefficient (Wildman–Crippen LogP) is 3.03. The largest absolute Gasteiger partial charge is 0.391 e. The minimum absolute atomic E-state index is 0.129. The van der Waals surface area contributed by atoms with Gasteiger partial charge in [0.05, 0.1) is 17.8 Å². The number of rotatable bonds is 2. The lowest BCUT2D eigenvalue weighted by molar-refractivity contribution is 0.0703. The molecule has 0 amide bonds. The van der Waals surface area contributed by atoms with Crippen LogP contribution in [0.5, 0.6) is 0 Å². The van der Waals surface area contributed by atoms with Gasteiger partial charge in [0, 0.05) is 6.20 Å². The summed E-state index contributed by atoms with van der Waals surface area (Å²) in [6.45, 7) is 0. The number of aliphatic hydroxyl groups is 1. The van der Waals surface area contributed by atoms with Crippen molar-refractivity contribution in [2.75, 3.05) is 0 Å². The van der Waals surface area contributed by atoms with E-state index in [2.05, 4.69) is 17.2 Å². The normalized spacial score (nSPS) is 24.1. The van der Waals surface area contributed by atoms with Crippen LogP contribution in [0.2, 0.25) is 0 Å². The Morgan fingerprint density at radius 2 is 1.83 bits per heavy atom. The maximum atomic E-state index is 10.2.